The molecule has 0 aliphatic heterocycles. The Morgan fingerprint density at radius 2 is 2.17 bits per heavy atom. The Labute approximate surface area is 172 Å². The van der Waals surface area contributed by atoms with Gasteiger partial charge in [-0.2, -0.15) is 4.39 Å². The molecule has 156 valence electrons. The van der Waals surface area contributed by atoms with Gasteiger partial charge in [0.1, 0.15) is 4.83 Å². The number of anilines is 1. The summed E-state index contributed by atoms with van der Waals surface area (Å²) in [6, 6.07) is 4.51. The first kappa shape index (κ1) is 21.0. The number of hydrogen-bond donors (Lipinski definition) is 1. The van der Waals surface area contributed by atoms with Gasteiger partial charge in [-0.25, -0.2) is 4.98 Å². The van der Waals surface area contributed by atoms with Crippen molar-refractivity contribution in [3.63, 3.8) is 0 Å². The predicted molar refractivity (Wildman–Crippen MR) is 106 cm³/mol. The third-order valence-electron chi connectivity index (χ3n) is 4.10. The van der Waals surface area contributed by atoms with Crippen LogP contribution in [0.25, 0.3) is 10.2 Å². The van der Waals surface area contributed by atoms with E-state index < -0.39 is 34.4 Å². The molecule has 0 radical (unpaired) electrons. The number of hydrogen-bond acceptors (Lipinski definition) is 8. The second-order valence-corrected chi connectivity index (χ2v) is 7.07. The van der Waals surface area contributed by atoms with Crippen molar-refractivity contribution in [3.8, 4) is 0 Å². The molecule has 10 nitrogen and oxygen atoms in total. The van der Waals surface area contributed by atoms with Gasteiger partial charge in [-0.15, -0.1) is 11.3 Å². The van der Waals surface area contributed by atoms with Gasteiger partial charge in [0.25, 0.3) is 11.5 Å². The standard InChI is InChI=1S/C18H15FN4O6S/c1-10(16(25)21-11-2-3-13(19)14(8-11)23(27)28)29-15(24)4-6-22-9-20-17-12(18(22)26)5-7-30-17/h2-3,5,7-10H,4,6H2,1H3,(H,21,25). The van der Waals surface area contributed by atoms with Gasteiger partial charge in [-0.3, -0.25) is 29.1 Å². The summed E-state index contributed by atoms with van der Waals surface area (Å²) < 4.78 is 19.7. The van der Waals surface area contributed by atoms with Crippen LogP contribution in [0.2, 0.25) is 0 Å². The first-order chi connectivity index (χ1) is 14.3. The van der Waals surface area contributed by atoms with E-state index in [1.54, 1.807) is 11.4 Å². The Hall–Kier alpha value is -3.67. The van der Waals surface area contributed by atoms with Gasteiger partial charge < -0.3 is 10.1 Å². The number of rotatable bonds is 7. The summed E-state index contributed by atoms with van der Waals surface area (Å²) >= 11 is 1.33. The van der Waals surface area contributed by atoms with E-state index in [1.165, 1.54) is 29.2 Å². The molecule has 2 heterocycles. The summed E-state index contributed by atoms with van der Waals surface area (Å²) in [5.41, 5.74) is -1.09. The number of thiophene rings is 1. The summed E-state index contributed by atoms with van der Waals surface area (Å²) in [6.45, 7) is 1.34. The SMILES string of the molecule is CC(OC(=O)CCn1cnc2sccc2c1=O)C(=O)Nc1ccc(F)c([N+](=O)[O-])c1. The van der Waals surface area contributed by atoms with Crippen molar-refractivity contribution in [1.29, 1.82) is 0 Å². The first-order valence-electron chi connectivity index (χ1n) is 8.63. The molecule has 30 heavy (non-hydrogen) atoms. The van der Waals surface area contributed by atoms with Crippen molar-refractivity contribution in [1.82, 2.24) is 9.55 Å². The van der Waals surface area contributed by atoms with Crippen molar-refractivity contribution >= 4 is 44.8 Å². The second kappa shape index (κ2) is 8.78. The van der Waals surface area contributed by atoms with Crippen molar-refractivity contribution in [3.05, 3.63) is 62.3 Å². The minimum Gasteiger partial charge on any atom is -0.452 e. The van der Waals surface area contributed by atoms with Crippen LogP contribution < -0.4 is 10.9 Å². The Bertz CT molecular complexity index is 1190. The number of benzene rings is 1. The average Bonchev–Trinajstić information content (AvgIpc) is 3.18. The van der Waals surface area contributed by atoms with Crippen LogP contribution >= 0.6 is 11.3 Å². The van der Waals surface area contributed by atoms with Gasteiger partial charge in [-0.05, 0) is 30.5 Å². The molecule has 0 aliphatic carbocycles. The summed E-state index contributed by atoms with van der Waals surface area (Å²) in [6.07, 6.45) is -0.0427. The van der Waals surface area contributed by atoms with E-state index in [1.807, 2.05) is 0 Å². The monoisotopic (exact) mass is 434 g/mol. The molecule has 0 saturated heterocycles. The third kappa shape index (κ3) is 4.66. The number of carbonyl (C=O) groups is 2. The number of carbonyl (C=O) groups excluding carboxylic acids is 2. The Kier molecular flexibility index (Phi) is 6.16. The number of amides is 1. The van der Waals surface area contributed by atoms with Gasteiger partial charge in [0, 0.05) is 18.3 Å². The highest BCUT2D eigenvalue weighted by atomic mass is 32.1. The molecule has 0 spiro atoms. The molecule has 1 amide bonds. The molecule has 3 rings (SSSR count). The normalized spacial score (nSPS) is 11.8. The maximum atomic E-state index is 13.4. The van der Waals surface area contributed by atoms with E-state index in [0.29, 0.717) is 10.2 Å². The number of nitrogens with one attached hydrogen (secondary N) is 1. The van der Waals surface area contributed by atoms with E-state index in [4.69, 9.17) is 4.74 Å². The molecule has 1 atom stereocenters. The lowest BCUT2D eigenvalue weighted by Gasteiger charge is -2.14. The molecule has 1 N–H and O–H groups in total. The largest absolute Gasteiger partial charge is 0.452 e. The zero-order valence-corrected chi connectivity index (χ0v) is 16.3. The van der Waals surface area contributed by atoms with Crippen LogP contribution in [0.1, 0.15) is 13.3 Å². The van der Waals surface area contributed by atoms with Crippen molar-refractivity contribution < 1.29 is 23.6 Å². The van der Waals surface area contributed by atoms with E-state index in [-0.39, 0.29) is 24.2 Å². The number of esters is 1. The third-order valence-corrected chi connectivity index (χ3v) is 4.92. The Morgan fingerprint density at radius 1 is 1.40 bits per heavy atom. The number of fused-ring (bicyclic) bond motifs is 1. The second-order valence-electron chi connectivity index (χ2n) is 6.18. The lowest BCUT2D eigenvalue weighted by molar-refractivity contribution is -0.387. The smallest absolute Gasteiger partial charge is 0.308 e. The van der Waals surface area contributed by atoms with Crippen LogP contribution in [-0.2, 0) is 20.9 Å². The lowest BCUT2D eigenvalue weighted by Crippen LogP contribution is -2.30. The molecule has 1 aromatic carbocycles. The van der Waals surface area contributed by atoms with Gasteiger partial charge in [0.15, 0.2) is 6.10 Å². The fraction of sp³-hybridized carbons (Fsp3) is 0.222. The zero-order chi connectivity index (χ0) is 21.8. The van der Waals surface area contributed by atoms with Crippen LogP contribution in [0.5, 0.6) is 0 Å². The highest BCUT2D eigenvalue weighted by Gasteiger charge is 2.20. The molecule has 12 heteroatoms. The van der Waals surface area contributed by atoms with Crippen molar-refractivity contribution in [2.45, 2.75) is 26.0 Å². The number of ether oxygens (including phenoxy) is 1. The van der Waals surface area contributed by atoms with Gasteiger partial charge in [0.05, 0.1) is 23.1 Å². The van der Waals surface area contributed by atoms with Crippen LogP contribution in [-0.4, -0.2) is 32.5 Å². The van der Waals surface area contributed by atoms with E-state index in [9.17, 15) is 28.9 Å². The summed E-state index contributed by atoms with van der Waals surface area (Å²) in [5.74, 6) is -2.51. The minimum atomic E-state index is -1.21. The fourth-order valence-electron chi connectivity index (χ4n) is 2.55. The van der Waals surface area contributed by atoms with Crippen molar-refractivity contribution in [2.75, 3.05) is 5.32 Å². The highest BCUT2D eigenvalue weighted by Crippen LogP contribution is 2.21. The Morgan fingerprint density at radius 3 is 2.90 bits per heavy atom. The molecule has 0 saturated carbocycles. The number of halogens is 1. The minimum absolute atomic E-state index is 0.0160. The molecule has 1 unspecified atom stereocenters. The lowest BCUT2D eigenvalue weighted by atomic mass is 10.2. The maximum Gasteiger partial charge on any atom is 0.308 e. The van der Waals surface area contributed by atoms with E-state index in [0.717, 1.165) is 18.2 Å². The summed E-state index contributed by atoms with van der Waals surface area (Å²) in [7, 11) is 0. The number of nitro benzene ring substituents is 1. The first-order valence-corrected chi connectivity index (χ1v) is 9.51. The maximum absolute atomic E-state index is 13.4. The van der Waals surface area contributed by atoms with Gasteiger partial charge in [0.2, 0.25) is 5.82 Å². The Balaban J connectivity index is 1.56. The van der Waals surface area contributed by atoms with Gasteiger partial charge in [-0.1, -0.05) is 0 Å². The zero-order valence-electron chi connectivity index (χ0n) is 15.5. The van der Waals surface area contributed by atoms with Gasteiger partial charge >= 0.3 is 11.7 Å². The number of aryl methyl sites for hydroxylation is 1. The fourth-order valence-corrected chi connectivity index (χ4v) is 3.27. The molecule has 2 aromatic heterocycles. The van der Waals surface area contributed by atoms with Crippen LogP contribution in [0, 0.1) is 15.9 Å². The summed E-state index contributed by atoms with van der Waals surface area (Å²) in [4.78, 5) is 51.0. The predicted octanol–water partition coefficient (Wildman–Crippen LogP) is 2.47. The molecular weight excluding hydrogens is 419 g/mol. The number of nitro groups is 1. The molecular formula is C18H15FN4O6S. The van der Waals surface area contributed by atoms with Crippen LogP contribution in [0.15, 0.2) is 40.8 Å². The van der Waals surface area contributed by atoms with Crippen LogP contribution in [0.4, 0.5) is 15.8 Å². The quantitative estimate of drug-likeness (QED) is 0.343. The highest BCUT2D eigenvalue weighted by molar-refractivity contribution is 7.16. The van der Waals surface area contributed by atoms with Crippen LogP contribution in [0.3, 0.4) is 0 Å². The molecule has 0 aliphatic rings. The molecule has 3 aromatic rings. The van der Waals surface area contributed by atoms with E-state index >= 15 is 0 Å². The van der Waals surface area contributed by atoms with E-state index in [2.05, 4.69) is 10.3 Å². The topological polar surface area (TPSA) is 133 Å². The number of nitrogens with zero attached hydrogens (tertiary/aromatic N) is 3. The summed E-state index contributed by atoms with van der Waals surface area (Å²) in [5, 5.41) is 15.3. The molecule has 0 fully saturated rings. The number of aromatic nitrogens is 2. The molecule has 0 bridgehead atoms. The van der Waals surface area contributed by atoms with Crippen molar-refractivity contribution in [2.24, 2.45) is 0 Å². The average molecular weight is 434 g/mol.